The number of nitrogens with zero attached hydrogens (tertiary/aromatic N) is 1. The summed E-state index contributed by atoms with van der Waals surface area (Å²) in [5.74, 6) is -0.379. The number of nitrogens with two attached hydrogens (primary N) is 1. The van der Waals surface area contributed by atoms with Gasteiger partial charge >= 0.3 is 6.18 Å². The van der Waals surface area contributed by atoms with Crippen molar-refractivity contribution in [3.63, 3.8) is 0 Å². The number of rotatable bonds is 6. The van der Waals surface area contributed by atoms with E-state index in [0.717, 1.165) is 5.56 Å². The molecule has 0 saturated heterocycles. The van der Waals surface area contributed by atoms with Crippen LogP contribution in [-0.2, 0) is 0 Å². The molecule has 2 nitrogen and oxygen atoms in total. The van der Waals surface area contributed by atoms with Gasteiger partial charge in [-0.2, -0.15) is 13.2 Å². The molecular weight excluding hydrogens is 272 g/mol. The number of likely N-dealkylation sites (N-methyl/N-ethyl adjacent to an activating group) is 1. The van der Waals surface area contributed by atoms with Gasteiger partial charge in [0.25, 0.3) is 0 Å². The van der Waals surface area contributed by atoms with Crippen LogP contribution in [0.2, 0.25) is 0 Å². The Balaban J connectivity index is 2.86. The predicted molar refractivity (Wildman–Crippen MR) is 70.7 cm³/mol. The first-order valence-corrected chi connectivity index (χ1v) is 6.52. The fourth-order valence-electron chi connectivity index (χ4n) is 2.15. The van der Waals surface area contributed by atoms with Gasteiger partial charge in [-0.25, -0.2) is 4.39 Å². The molecule has 0 bridgehead atoms. The lowest BCUT2D eigenvalue weighted by Crippen LogP contribution is -2.40. The second kappa shape index (κ2) is 7.04. The van der Waals surface area contributed by atoms with E-state index in [4.69, 9.17) is 5.73 Å². The summed E-state index contributed by atoms with van der Waals surface area (Å²) in [6.07, 6.45) is -4.46. The van der Waals surface area contributed by atoms with E-state index in [0.29, 0.717) is 6.42 Å². The van der Waals surface area contributed by atoms with Crippen molar-refractivity contribution in [2.45, 2.75) is 38.0 Å². The van der Waals surface area contributed by atoms with Crippen LogP contribution in [-0.4, -0.2) is 30.7 Å². The van der Waals surface area contributed by atoms with Crippen LogP contribution in [0.15, 0.2) is 24.3 Å². The van der Waals surface area contributed by atoms with Gasteiger partial charge in [0, 0.05) is 18.6 Å². The summed E-state index contributed by atoms with van der Waals surface area (Å²) < 4.78 is 49.9. The van der Waals surface area contributed by atoms with Gasteiger partial charge in [-0.15, -0.1) is 0 Å². The normalized spacial score (nSPS) is 15.4. The van der Waals surface area contributed by atoms with E-state index in [-0.39, 0.29) is 24.4 Å². The summed E-state index contributed by atoms with van der Waals surface area (Å²) in [5, 5.41) is 0. The van der Waals surface area contributed by atoms with E-state index >= 15 is 0 Å². The predicted octanol–water partition coefficient (Wildman–Crippen LogP) is 3.49. The molecule has 20 heavy (non-hydrogen) atoms. The van der Waals surface area contributed by atoms with E-state index in [1.165, 1.54) is 12.1 Å². The number of hydrogen-bond donors (Lipinski definition) is 1. The summed E-state index contributed by atoms with van der Waals surface area (Å²) in [5.41, 5.74) is 6.74. The SMILES string of the molecule is CCC(N)C(c1ccc(F)cc1)N(C)CCC(F)(F)F. The molecule has 0 heterocycles. The highest BCUT2D eigenvalue weighted by molar-refractivity contribution is 5.21. The van der Waals surface area contributed by atoms with Crippen LogP contribution in [0, 0.1) is 5.82 Å². The third kappa shape index (κ3) is 5.09. The fourth-order valence-corrected chi connectivity index (χ4v) is 2.15. The first-order valence-electron chi connectivity index (χ1n) is 6.52. The zero-order valence-electron chi connectivity index (χ0n) is 11.6. The lowest BCUT2D eigenvalue weighted by Gasteiger charge is -2.33. The number of benzene rings is 1. The molecule has 0 aromatic heterocycles. The Hall–Kier alpha value is -1.14. The average molecular weight is 292 g/mol. The van der Waals surface area contributed by atoms with Crippen LogP contribution in [0.3, 0.4) is 0 Å². The maximum Gasteiger partial charge on any atom is 0.390 e. The highest BCUT2D eigenvalue weighted by Gasteiger charge is 2.30. The van der Waals surface area contributed by atoms with Crippen molar-refractivity contribution in [2.75, 3.05) is 13.6 Å². The van der Waals surface area contributed by atoms with Crippen LogP contribution >= 0.6 is 0 Å². The third-order valence-corrected chi connectivity index (χ3v) is 3.31. The van der Waals surface area contributed by atoms with Gasteiger partial charge in [0.1, 0.15) is 5.82 Å². The Bertz CT molecular complexity index is 403. The highest BCUT2D eigenvalue weighted by atomic mass is 19.4. The molecule has 0 aliphatic rings. The summed E-state index contributed by atoms with van der Waals surface area (Å²) in [6.45, 7) is 1.73. The van der Waals surface area contributed by atoms with Crippen LogP contribution in [0.1, 0.15) is 31.4 Å². The molecule has 0 saturated carbocycles. The van der Waals surface area contributed by atoms with Gasteiger partial charge in [-0.05, 0) is 31.2 Å². The van der Waals surface area contributed by atoms with Gasteiger partial charge in [-0.3, -0.25) is 4.90 Å². The molecule has 1 aromatic carbocycles. The van der Waals surface area contributed by atoms with Crippen molar-refractivity contribution in [1.29, 1.82) is 0 Å². The van der Waals surface area contributed by atoms with E-state index in [2.05, 4.69) is 0 Å². The molecule has 114 valence electrons. The Morgan fingerprint density at radius 2 is 1.75 bits per heavy atom. The molecule has 0 aliphatic heterocycles. The van der Waals surface area contributed by atoms with Crippen LogP contribution < -0.4 is 5.73 Å². The Labute approximate surface area is 116 Å². The molecule has 1 rings (SSSR count). The van der Waals surface area contributed by atoms with E-state index in [1.807, 2.05) is 6.92 Å². The molecule has 0 spiro atoms. The first kappa shape index (κ1) is 16.9. The van der Waals surface area contributed by atoms with E-state index in [9.17, 15) is 17.6 Å². The summed E-state index contributed by atoms with van der Waals surface area (Å²) in [6, 6.07) is 5.06. The fraction of sp³-hybridized carbons (Fsp3) is 0.571. The minimum absolute atomic E-state index is 0.140. The number of halogens is 4. The molecule has 2 atom stereocenters. The van der Waals surface area contributed by atoms with Crippen molar-refractivity contribution >= 4 is 0 Å². The van der Waals surface area contributed by atoms with Gasteiger partial charge in [0.05, 0.1) is 6.42 Å². The summed E-state index contributed by atoms with van der Waals surface area (Å²) in [7, 11) is 1.61. The third-order valence-electron chi connectivity index (χ3n) is 3.31. The minimum Gasteiger partial charge on any atom is -0.326 e. The van der Waals surface area contributed by atoms with Crippen LogP contribution in [0.5, 0.6) is 0 Å². The summed E-state index contributed by atoms with van der Waals surface area (Å²) in [4.78, 5) is 1.58. The second-order valence-electron chi connectivity index (χ2n) is 4.91. The molecule has 6 heteroatoms. The average Bonchev–Trinajstić information content (AvgIpc) is 2.38. The van der Waals surface area contributed by atoms with Gasteiger partial charge in [0.2, 0.25) is 0 Å². The van der Waals surface area contributed by atoms with Crippen molar-refractivity contribution in [3.05, 3.63) is 35.6 Å². The monoisotopic (exact) mass is 292 g/mol. The maximum absolute atomic E-state index is 12.9. The summed E-state index contributed by atoms with van der Waals surface area (Å²) >= 11 is 0. The minimum atomic E-state index is -4.20. The van der Waals surface area contributed by atoms with Crippen molar-refractivity contribution in [3.8, 4) is 0 Å². The molecular formula is C14H20F4N2. The second-order valence-corrected chi connectivity index (χ2v) is 4.91. The topological polar surface area (TPSA) is 29.3 Å². The first-order chi connectivity index (χ1) is 9.24. The maximum atomic E-state index is 12.9. The van der Waals surface area contributed by atoms with Crippen molar-refractivity contribution in [2.24, 2.45) is 5.73 Å². The zero-order chi connectivity index (χ0) is 15.3. The lowest BCUT2D eigenvalue weighted by molar-refractivity contribution is -0.138. The Morgan fingerprint density at radius 1 is 1.20 bits per heavy atom. The van der Waals surface area contributed by atoms with E-state index in [1.54, 1.807) is 24.1 Å². The van der Waals surface area contributed by atoms with Gasteiger partial charge < -0.3 is 5.73 Å². The quantitative estimate of drug-likeness (QED) is 0.813. The zero-order valence-corrected chi connectivity index (χ0v) is 11.6. The molecule has 2 unspecified atom stereocenters. The lowest BCUT2D eigenvalue weighted by atomic mass is 9.96. The molecule has 0 aliphatic carbocycles. The number of hydrogen-bond acceptors (Lipinski definition) is 2. The van der Waals surface area contributed by atoms with Crippen LogP contribution in [0.4, 0.5) is 17.6 Å². The smallest absolute Gasteiger partial charge is 0.326 e. The van der Waals surface area contributed by atoms with Gasteiger partial charge in [0.15, 0.2) is 0 Å². The molecule has 0 radical (unpaired) electrons. The van der Waals surface area contributed by atoms with Gasteiger partial charge in [-0.1, -0.05) is 19.1 Å². The Morgan fingerprint density at radius 3 is 2.20 bits per heavy atom. The molecule has 0 fully saturated rings. The molecule has 1 aromatic rings. The molecule has 2 N–H and O–H groups in total. The molecule has 0 amide bonds. The Kier molecular flexibility index (Phi) is 5.95. The van der Waals surface area contributed by atoms with Crippen molar-refractivity contribution in [1.82, 2.24) is 4.90 Å². The standard InChI is InChI=1S/C14H20F4N2/c1-3-12(19)13(10-4-6-11(15)7-5-10)20(2)9-8-14(16,17)18/h4-7,12-13H,3,8-9,19H2,1-2H3. The van der Waals surface area contributed by atoms with Crippen molar-refractivity contribution < 1.29 is 17.6 Å². The highest BCUT2D eigenvalue weighted by Crippen LogP contribution is 2.27. The number of alkyl halides is 3. The van der Waals surface area contributed by atoms with Crippen LogP contribution in [0.25, 0.3) is 0 Å². The largest absolute Gasteiger partial charge is 0.390 e. The van der Waals surface area contributed by atoms with E-state index < -0.39 is 12.6 Å².